The molecule has 5 heterocycles. The number of aromatic nitrogens is 6. The lowest BCUT2D eigenvalue weighted by Crippen LogP contribution is -2.53. The van der Waals surface area contributed by atoms with Crippen molar-refractivity contribution in [2.45, 2.75) is 83.2 Å². The third kappa shape index (κ3) is 19.0. The Morgan fingerprint density at radius 2 is 1.47 bits per heavy atom. The molecule has 0 saturated carbocycles. The lowest BCUT2D eigenvalue weighted by molar-refractivity contribution is -0.144. The van der Waals surface area contributed by atoms with Crippen LogP contribution >= 0.6 is 33.2 Å². The lowest BCUT2D eigenvalue weighted by Gasteiger charge is -2.20. The molecule has 0 bridgehead atoms. The first-order chi connectivity index (χ1) is 47.5. The van der Waals surface area contributed by atoms with Crippen molar-refractivity contribution in [1.82, 2.24) is 45.9 Å². The van der Waals surface area contributed by atoms with Gasteiger partial charge in [0.15, 0.2) is 28.5 Å². The number of carboxylic acids is 3. The van der Waals surface area contributed by atoms with Gasteiger partial charge in [0, 0.05) is 107 Å². The number of nitrogens with one attached hydrogen (secondary N) is 6. The fourth-order valence-electron chi connectivity index (χ4n) is 11.2. The van der Waals surface area contributed by atoms with Gasteiger partial charge in [0.2, 0.25) is 17.8 Å². The van der Waals surface area contributed by atoms with Crippen molar-refractivity contribution in [3.05, 3.63) is 165 Å². The van der Waals surface area contributed by atoms with Crippen LogP contribution in [0.2, 0.25) is 0 Å². The number of alkyl halides is 1. The minimum absolute atomic E-state index is 0.00788. The number of H-pyrrole nitrogens is 3. The largest absolute Gasteiger partial charge is 0.481 e. The quantitative estimate of drug-likeness (QED) is 0.00850. The number of nitrogens with zero attached hydrogens (tertiary/aromatic N) is 4. The summed E-state index contributed by atoms with van der Waals surface area (Å²) in [5.41, 5.74) is 17.8. The Labute approximate surface area is 577 Å². The third-order valence-corrected chi connectivity index (χ3v) is 19.2. The van der Waals surface area contributed by atoms with Crippen molar-refractivity contribution in [2.75, 3.05) is 47.7 Å². The highest BCUT2D eigenvalue weighted by molar-refractivity contribution is 8.76. The number of benzene rings is 5. The second-order valence-electron chi connectivity index (χ2n) is 23.5. The highest BCUT2D eigenvalue weighted by Gasteiger charge is 2.36. The summed E-state index contributed by atoms with van der Waals surface area (Å²) >= 11 is 6.49. The summed E-state index contributed by atoms with van der Waals surface area (Å²) in [6.07, 6.45) is -0.144. The van der Waals surface area contributed by atoms with Gasteiger partial charge in [-0.25, -0.2) is 14.8 Å². The molecule has 10 rings (SSSR count). The van der Waals surface area contributed by atoms with E-state index in [4.69, 9.17) is 38.0 Å². The molecule has 0 fully saturated rings. The maximum atomic E-state index is 14.1. The molecule has 4 amide bonds. The number of anilines is 2. The number of hydrogen-bond donors (Lipinski definition) is 11. The normalized spacial score (nSPS) is 13.7. The monoisotopic (exact) mass is 1410 g/mol. The van der Waals surface area contributed by atoms with Crippen LogP contribution in [0.25, 0.3) is 43.7 Å². The maximum Gasteiger partial charge on any atom is 0.412 e. The molecule has 0 radical (unpaired) electrons. The van der Waals surface area contributed by atoms with E-state index in [1.807, 2.05) is 78.9 Å². The molecule has 30 heteroatoms. The molecule has 5 atom stereocenters. The number of amides is 4. The van der Waals surface area contributed by atoms with Crippen LogP contribution < -0.4 is 42.6 Å². The summed E-state index contributed by atoms with van der Waals surface area (Å²) in [5, 5.41) is 38.6. The smallest absolute Gasteiger partial charge is 0.412 e. The van der Waals surface area contributed by atoms with Crippen LogP contribution in [-0.4, -0.2) is 153 Å². The van der Waals surface area contributed by atoms with Crippen LogP contribution in [-0.2, 0) is 48.0 Å². The van der Waals surface area contributed by atoms with Crippen molar-refractivity contribution in [1.29, 1.82) is 0 Å². The number of carbonyl (C=O) groups is 10. The van der Waals surface area contributed by atoms with E-state index in [0.717, 1.165) is 60.8 Å². The molecule has 516 valence electrons. The summed E-state index contributed by atoms with van der Waals surface area (Å²) in [7, 11) is 3.44. The fourth-order valence-corrected chi connectivity index (χ4v) is 13.0. The molecule has 0 spiro atoms. The molecule has 1 aliphatic rings. The first kappa shape index (κ1) is 72.8. The zero-order valence-corrected chi connectivity index (χ0v) is 56.0. The van der Waals surface area contributed by atoms with Crippen molar-refractivity contribution in [2.24, 2.45) is 17.6 Å². The van der Waals surface area contributed by atoms with Crippen LogP contribution in [0.5, 0.6) is 5.75 Å². The number of hydrogen-bond acceptors (Lipinski definition) is 19. The predicted molar refractivity (Wildman–Crippen MR) is 375 cm³/mol. The number of aromatic amines is 3. The Bertz CT molecular complexity index is 4590. The number of aliphatic carboxylic acids is 3. The van der Waals surface area contributed by atoms with Gasteiger partial charge in [-0.2, -0.15) is 4.98 Å². The molecule has 27 nitrogen and oxygen atoms in total. The number of para-hydroxylation sites is 1. The summed E-state index contributed by atoms with van der Waals surface area (Å²) in [4.78, 5) is 159. The van der Waals surface area contributed by atoms with Crippen LogP contribution in [0.1, 0.15) is 106 Å². The highest BCUT2D eigenvalue weighted by Crippen LogP contribution is 2.46. The third-order valence-electron chi connectivity index (χ3n) is 16.3. The van der Waals surface area contributed by atoms with Gasteiger partial charge in [0.25, 0.3) is 11.5 Å². The first-order valence-electron chi connectivity index (χ1n) is 31.5. The van der Waals surface area contributed by atoms with E-state index in [-0.39, 0.29) is 66.0 Å². The Kier molecular flexibility index (Phi) is 24.7. The minimum Gasteiger partial charge on any atom is -0.481 e. The first-order valence-corrected chi connectivity index (χ1v) is 34.5. The van der Waals surface area contributed by atoms with E-state index in [9.17, 15) is 57.8 Å². The van der Waals surface area contributed by atoms with E-state index >= 15 is 0 Å². The Hall–Kier alpha value is -10.5. The average Bonchev–Trinajstić information content (AvgIpc) is 1.61. The number of fused-ring (bicyclic) bond motifs is 6. The molecule has 9 aromatic rings. The van der Waals surface area contributed by atoms with Crippen LogP contribution in [0.3, 0.4) is 0 Å². The average molecular weight is 1410 g/mol. The molecule has 99 heavy (non-hydrogen) atoms. The number of ketones is 3. The lowest BCUT2D eigenvalue weighted by atomic mass is 9.93. The highest BCUT2D eigenvalue weighted by atomic mass is 35.5. The number of ether oxygens (including phenoxy) is 1. The van der Waals surface area contributed by atoms with E-state index in [1.165, 1.54) is 13.1 Å². The number of rotatable bonds is 31. The van der Waals surface area contributed by atoms with Crippen molar-refractivity contribution in [3.8, 4) is 5.75 Å². The van der Waals surface area contributed by atoms with E-state index < -0.39 is 96.2 Å². The van der Waals surface area contributed by atoms with Gasteiger partial charge >= 0.3 is 24.0 Å². The van der Waals surface area contributed by atoms with Crippen molar-refractivity contribution in [3.63, 3.8) is 0 Å². The SMILES string of the molecule is CC(CC(=O)C(CC(=O)O)NC(=O)C(N)CNC(=O)CCC(CC(=O)c1ccc(CCc2cnc3nc(N)[nH]c(=O)c3n2)cc1)C(=O)O)C(=O)O.CCSSCCNC(=O)Oc1cc2c(c3ccccc13)C(CCl)CN2C(=O)c1cc2cc(CC(=O)c3cc4ccccc4[nH]3)ccc2[nH]1. The number of nitrogen functional groups attached to an aromatic ring is 1. The number of Topliss-reactive ketones (excluding diaryl/α,β-unsaturated/α-hetero) is 3. The summed E-state index contributed by atoms with van der Waals surface area (Å²) < 4.78 is 5.83. The zero-order chi connectivity index (χ0) is 71.0. The standard InChI is InChI=1S/C37H33ClN4O4S2.C32H38N8O11/c1-2-47-48-14-13-39-37(45)46-34-19-32-35(27-9-5-4-8-26(27)34)25(20-38)21-42(32)36(44)31-18-24-15-22(11-12-29(24)41-31)16-33(43)30-17-23-7-3-6-10-28(23)40-30;1-15(30(48)49)10-23(42)21(12-25(44)45)38-28(46)20(33)14-35-24(43)9-7-18(31(50)51)11-22(41)17-5-2-16(3-6-17)4-8-19-13-36-27-26(37-19)29(47)40-32(34)39-27/h3-12,15,17-19,25,40-41H,2,13-14,16,20-21H2,1H3,(H,39,45);2-3,5-6,13,15,18,20-21H,4,7-12,14,33H2,1H3,(H,35,43)(H,38,46)(H,44,45)(H,48,49)(H,50,51)(H3,34,36,39,40,47). The Morgan fingerprint density at radius 1 is 0.768 bits per heavy atom. The van der Waals surface area contributed by atoms with Crippen molar-refractivity contribution >= 4 is 148 Å². The van der Waals surface area contributed by atoms with Crippen LogP contribution in [0.4, 0.5) is 16.4 Å². The van der Waals surface area contributed by atoms with Gasteiger partial charge in [-0.3, -0.25) is 52.9 Å². The second kappa shape index (κ2) is 33.6. The van der Waals surface area contributed by atoms with Crippen LogP contribution in [0, 0.1) is 11.8 Å². The molecule has 5 aromatic carbocycles. The summed E-state index contributed by atoms with van der Waals surface area (Å²) in [6.45, 7) is 3.78. The fraction of sp³-hybridized carbons (Fsp3) is 0.304. The van der Waals surface area contributed by atoms with Gasteiger partial charge in [-0.15, -0.1) is 11.6 Å². The van der Waals surface area contributed by atoms with E-state index in [2.05, 4.69) is 52.8 Å². The Morgan fingerprint density at radius 3 is 2.19 bits per heavy atom. The van der Waals surface area contributed by atoms with Gasteiger partial charge < -0.3 is 62.3 Å². The van der Waals surface area contributed by atoms with Gasteiger partial charge in [0.05, 0.1) is 47.6 Å². The molecule has 0 aliphatic carbocycles. The van der Waals surface area contributed by atoms with Gasteiger partial charge in [-0.1, -0.05) is 108 Å². The summed E-state index contributed by atoms with van der Waals surface area (Å²) in [5.74, 6) is -7.13. The maximum absolute atomic E-state index is 14.1. The van der Waals surface area contributed by atoms with Gasteiger partial charge in [0.1, 0.15) is 17.5 Å². The molecular weight excluding hydrogens is 1340 g/mol. The number of halogens is 1. The number of aryl methyl sites for hydroxylation is 2. The molecule has 13 N–H and O–H groups in total. The zero-order valence-electron chi connectivity index (χ0n) is 53.6. The number of nitrogens with two attached hydrogens (primary N) is 2. The Balaban J connectivity index is 0.000000231. The van der Waals surface area contributed by atoms with E-state index in [1.54, 1.807) is 56.8 Å². The van der Waals surface area contributed by atoms with E-state index in [0.29, 0.717) is 60.3 Å². The molecule has 4 aromatic heterocycles. The molecule has 1 aliphatic heterocycles. The van der Waals surface area contributed by atoms with Crippen LogP contribution in [0.15, 0.2) is 120 Å². The topological polar surface area (TPSA) is 435 Å². The molecular formula is C69H71ClN12O15S2. The minimum atomic E-state index is -1.54. The number of carboxylic acid groups (broad SMARTS) is 3. The predicted octanol–water partition coefficient (Wildman–Crippen LogP) is 7.92. The number of carbonyl (C=O) groups excluding carboxylic acids is 7. The molecule has 5 unspecified atom stereocenters. The second-order valence-corrected chi connectivity index (χ2v) is 26.7. The molecule has 0 saturated heterocycles. The van der Waals surface area contributed by atoms with Gasteiger partial charge in [-0.05, 0) is 71.7 Å². The summed E-state index contributed by atoms with van der Waals surface area (Å²) in [6, 6.07) is 30.3. The van der Waals surface area contributed by atoms with Crippen molar-refractivity contribution < 1.29 is 68.0 Å².